The second-order valence-corrected chi connectivity index (χ2v) is 12.9. The molecule has 0 saturated carbocycles. The molecule has 0 unspecified atom stereocenters. The Hall–Kier alpha value is -7.29. The molecule has 0 aliphatic rings. The summed E-state index contributed by atoms with van der Waals surface area (Å²) in [5, 5.41) is 15.2. The summed E-state index contributed by atoms with van der Waals surface area (Å²) < 4.78 is 4.62. The van der Waals surface area contributed by atoms with E-state index in [4.69, 9.17) is 9.97 Å². The first kappa shape index (κ1) is 29.6. The summed E-state index contributed by atoms with van der Waals surface area (Å²) in [4.78, 5) is 10.1. The molecule has 0 aliphatic carbocycles. The largest absolute Gasteiger partial charge is 0.309 e. The van der Waals surface area contributed by atoms with Crippen LogP contribution in [0.5, 0.6) is 0 Å². The number of nitriles is 1. The molecular weight excluding hydrogens is 635 g/mol. The maximum atomic E-state index is 10.7. The van der Waals surface area contributed by atoms with Crippen molar-refractivity contribution >= 4 is 43.6 Å². The summed E-state index contributed by atoms with van der Waals surface area (Å²) >= 11 is 0. The molecule has 52 heavy (non-hydrogen) atoms. The maximum Gasteiger partial charge on any atom is 0.160 e. The van der Waals surface area contributed by atoms with Crippen LogP contribution in [-0.4, -0.2) is 19.1 Å². The fourth-order valence-corrected chi connectivity index (χ4v) is 7.65. The van der Waals surface area contributed by atoms with Gasteiger partial charge in [-0.3, -0.25) is 0 Å². The summed E-state index contributed by atoms with van der Waals surface area (Å²) in [6.07, 6.45) is 0. The maximum absolute atomic E-state index is 10.7. The molecule has 0 saturated heterocycles. The van der Waals surface area contributed by atoms with Gasteiger partial charge in [0.1, 0.15) is 6.07 Å². The van der Waals surface area contributed by atoms with Crippen LogP contribution in [0.15, 0.2) is 176 Å². The number of fused-ring (bicyclic) bond motifs is 7. The number of benzene rings is 7. The van der Waals surface area contributed by atoms with Gasteiger partial charge in [-0.1, -0.05) is 127 Å². The Morgan fingerprint density at radius 3 is 1.75 bits per heavy atom. The molecule has 0 amide bonds. The lowest BCUT2D eigenvalue weighted by atomic mass is 10.0. The molecule has 0 aliphatic heterocycles. The van der Waals surface area contributed by atoms with Crippen LogP contribution in [0.4, 0.5) is 0 Å². The van der Waals surface area contributed by atoms with Crippen LogP contribution in [0.1, 0.15) is 5.56 Å². The van der Waals surface area contributed by atoms with Crippen molar-refractivity contribution in [2.24, 2.45) is 0 Å². The summed E-state index contributed by atoms with van der Waals surface area (Å²) in [7, 11) is 0. The lowest BCUT2D eigenvalue weighted by Gasteiger charge is -2.14. The highest BCUT2D eigenvalue weighted by atomic mass is 15.0. The lowest BCUT2D eigenvalue weighted by Crippen LogP contribution is -2.00. The number of aromatic nitrogens is 4. The summed E-state index contributed by atoms with van der Waals surface area (Å²) in [5.74, 6) is 0.648. The van der Waals surface area contributed by atoms with E-state index in [9.17, 15) is 5.26 Å². The van der Waals surface area contributed by atoms with Crippen molar-refractivity contribution in [3.05, 3.63) is 181 Å². The normalized spacial score (nSPS) is 11.4. The van der Waals surface area contributed by atoms with Gasteiger partial charge in [-0.25, -0.2) is 9.97 Å². The van der Waals surface area contributed by atoms with Crippen molar-refractivity contribution in [3.63, 3.8) is 0 Å². The quantitative estimate of drug-likeness (QED) is 0.184. The van der Waals surface area contributed by atoms with Crippen molar-refractivity contribution in [3.8, 4) is 51.3 Å². The minimum Gasteiger partial charge on any atom is -0.309 e. The van der Waals surface area contributed by atoms with Crippen molar-refractivity contribution < 1.29 is 0 Å². The Morgan fingerprint density at radius 1 is 0.442 bits per heavy atom. The van der Waals surface area contributed by atoms with Crippen molar-refractivity contribution in [2.45, 2.75) is 0 Å². The van der Waals surface area contributed by atoms with Crippen LogP contribution in [0.2, 0.25) is 0 Å². The zero-order valence-corrected chi connectivity index (χ0v) is 28.0. The van der Waals surface area contributed by atoms with Gasteiger partial charge in [-0.2, -0.15) is 5.26 Å². The van der Waals surface area contributed by atoms with Crippen LogP contribution in [0.25, 0.3) is 88.9 Å². The molecule has 7 aromatic carbocycles. The molecule has 0 spiro atoms. The summed E-state index contributed by atoms with van der Waals surface area (Å²) in [6, 6.07) is 62.9. The van der Waals surface area contributed by atoms with Gasteiger partial charge < -0.3 is 9.13 Å². The van der Waals surface area contributed by atoms with E-state index in [2.05, 4.69) is 118 Å². The van der Waals surface area contributed by atoms with Gasteiger partial charge in [0, 0.05) is 43.9 Å². The van der Waals surface area contributed by atoms with Crippen LogP contribution < -0.4 is 0 Å². The fraction of sp³-hybridized carbons (Fsp3) is 0. The standard InChI is InChI=1S/C47H29N5/c48-30-34-25-24-33(40-29-39(31-14-4-1-5-15-31)49-47(50-40)32-16-6-2-7-17-32)28-44(34)52-41-22-12-10-20-36(41)37-26-27-43-45(46(37)52)38-21-11-13-23-42(38)51(43)35-18-8-3-9-19-35/h1-29H. The fourth-order valence-electron chi connectivity index (χ4n) is 7.65. The smallest absolute Gasteiger partial charge is 0.160 e. The number of hydrogen-bond acceptors (Lipinski definition) is 3. The van der Waals surface area contributed by atoms with Crippen LogP contribution in [0.3, 0.4) is 0 Å². The highest BCUT2D eigenvalue weighted by Crippen LogP contribution is 2.43. The average molecular weight is 664 g/mol. The molecule has 0 radical (unpaired) electrons. The third-order valence-corrected chi connectivity index (χ3v) is 9.97. The van der Waals surface area contributed by atoms with E-state index in [1.807, 2.05) is 72.8 Å². The predicted octanol–water partition coefficient (Wildman–Crippen LogP) is 11.5. The lowest BCUT2D eigenvalue weighted by molar-refractivity contribution is 1.16. The van der Waals surface area contributed by atoms with Gasteiger partial charge in [0.15, 0.2) is 5.82 Å². The van der Waals surface area contributed by atoms with Crippen molar-refractivity contribution in [1.29, 1.82) is 5.26 Å². The first-order valence-electron chi connectivity index (χ1n) is 17.3. The van der Waals surface area contributed by atoms with E-state index in [1.165, 1.54) is 0 Å². The van der Waals surface area contributed by atoms with Gasteiger partial charge in [-0.05, 0) is 48.5 Å². The number of para-hydroxylation sites is 3. The zero-order valence-electron chi connectivity index (χ0n) is 28.0. The molecule has 0 fully saturated rings. The van der Waals surface area contributed by atoms with Gasteiger partial charge in [0.2, 0.25) is 0 Å². The van der Waals surface area contributed by atoms with E-state index in [0.29, 0.717) is 11.4 Å². The molecule has 10 aromatic rings. The molecular formula is C47H29N5. The minimum absolute atomic E-state index is 0.579. The number of nitrogens with zero attached hydrogens (tertiary/aromatic N) is 5. The van der Waals surface area contributed by atoms with Crippen molar-refractivity contribution in [2.75, 3.05) is 0 Å². The van der Waals surface area contributed by atoms with E-state index in [-0.39, 0.29) is 0 Å². The molecule has 0 atom stereocenters. The highest BCUT2D eigenvalue weighted by Gasteiger charge is 2.22. The van der Waals surface area contributed by atoms with Gasteiger partial charge in [-0.15, -0.1) is 0 Å². The number of rotatable bonds is 5. The molecule has 5 heteroatoms. The first-order chi connectivity index (χ1) is 25.8. The van der Waals surface area contributed by atoms with Gasteiger partial charge in [0.25, 0.3) is 0 Å². The first-order valence-corrected chi connectivity index (χ1v) is 17.3. The summed E-state index contributed by atoms with van der Waals surface area (Å²) in [6.45, 7) is 0. The van der Waals surface area contributed by atoms with Crippen LogP contribution in [-0.2, 0) is 0 Å². The van der Waals surface area contributed by atoms with E-state index >= 15 is 0 Å². The predicted molar refractivity (Wildman–Crippen MR) is 212 cm³/mol. The summed E-state index contributed by atoms with van der Waals surface area (Å²) in [5.41, 5.74) is 11.3. The molecule has 3 heterocycles. The Bertz CT molecular complexity index is 2950. The Morgan fingerprint density at radius 2 is 1.04 bits per heavy atom. The van der Waals surface area contributed by atoms with Gasteiger partial charge in [0.05, 0.1) is 44.7 Å². The Balaban J connectivity index is 1.29. The Labute approximate surface area is 299 Å². The monoisotopic (exact) mass is 663 g/mol. The molecule has 242 valence electrons. The van der Waals surface area contributed by atoms with Crippen LogP contribution in [0, 0.1) is 11.3 Å². The minimum atomic E-state index is 0.579. The van der Waals surface area contributed by atoms with E-state index < -0.39 is 0 Å². The average Bonchev–Trinajstić information content (AvgIpc) is 3.74. The molecule has 0 bridgehead atoms. The van der Waals surface area contributed by atoms with E-state index in [0.717, 1.165) is 83.1 Å². The third-order valence-electron chi connectivity index (χ3n) is 9.97. The number of hydrogen-bond donors (Lipinski definition) is 0. The van der Waals surface area contributed by atoms with Crippen LogP contribution >= 0.6 is 0 Å². The molecule has 0 N–H and O–H groups in total. The molecule has 10 rings (SSSR count). The molecule has 3 aromatic heterocycles. The topological polar surface area (TPSA) is 59.4 Å². The second kappa shape index (κ2) is 11.9. The zero-order chi connectivity index (χ0) is 34.6. The van der Waals surface area contributed by atoms with Gasteiger partial charge >= 0.3 is 0 Å². The highest BCUT2D eigenvalue weighted by molar-refractivity contribution is 6.26. The molecule has 5 nitrogen and oxygen atoms in total. The SMILES string of the molecule is N#Cc1ccc(-c2cc(-c3ccccc3)nc(-c3ccccc3)n2)cc1-n1c2ccccc2c2ccc3c(c4ccccc4n3-c3ccccc3)c21. The van der Waals surface area contributed by atoms with E-state index in [1.54, 1.807) is 0 Å². The van der Waals surface area contributed by atoms with Crippen molar-refractivity contribution in [1.82, 2.24) is 19.1 Å². The third kappa shape index (κ3) is 4.63. The Kier molecular flexibility index (Phi) is 6.80. The second-order valence-electron chi connectivity index (χ2n) is 12.9.